The second kappa shape index (κ2) is 7.91. The molecule has 138 valence electrons. The minimum absolute atomic E-state index is 0.0691. The van der Waals surface area contributed by atoms with Crippen molar-refractivity contribution in [2.75, 3.05) is 0 Å². The van der Waals surface area contributed by atoms with Crippen molar-refractivity contribution in [2.45, 2.75) is 27.0 Å². The Morgan fingerprint density at radius 3 is 2.58 bits per heavy atom. The van der Waals surface area contributed by atoms with Gasteiger partial charge in [0.05, 0.1) is 9.31 Å². The van der Waals surface area contributed by atoms with E-state index in [0.29, 0.717) is 0 Å². The molecule has 26 heavy (non-hydrogen) atoms. The van der Waals surface area contributed by atoms with Gasteiger partial charge in [-0.15, -0.1) is 0 Å². The molecule has 0 radical (unpaired) electrons. The molecule has 0 saturated heterocycles. The normalized spacial score (nSPS) is 20.5. The molecule has 3 rings (SSSR count). The van der Waals surface area contributed by atoms with E-state index < -0.39 is 0 Å². The van der Waals surface area contributed by atoms with E-state index >= 15 is 0 Å². The summed E-state index contributed by atoms with van der Waals surface area (Å²) in [5.74, 6) is -0.0592. The van der Waals surface area contributed by atoms with Crippen LogP contribution in [0.2, 0.25) is 5.02 Å². The molecule has 0 aliphatic heterocycles. The highest BCUT2D eigenvalue weighted by atomic mass is 79.9. The van der Waals surface area contributed by atoms with E-state index in [4.69, 9.17) is 16.3 Å². The average molecular weight is 502 g/mol. The van der Waals surface area contributed by atoms with Crippen LogP contribution in [0.5, 0.6) is 0 Å². The van der Waals surface area contributed by atoms with Gasteiger partial charge in [-0.2, -0.15) is 0 Å². The summed E-state index contributed by atoms with van der Waals surface area (Å²) in [7, 11) is 0. The highest BCUT2D eigenvalue weighted by Gasteiger charge is 2.61. The summed E-state index contributed by atoms with van der Waals surface area (Å²) >= 11 is 12.7. The Hall–Kier alpha value is -1.04. The molecule has 2 aromatic rings. The van der Waals surface area contributed by atoms with Crippen LogP contribution >= 0.6 is 43.5 Å². The smallest absolute Gasteiger partial charge is 0.311 e. The molecule has 3 nitrogen and oxygen atoms in total. The molecule has 1 aliphatic carbocycles. The van der Waals surface area contributed by atoms with Gasteiger partial charge in [0.15, 0.2) is 6.73 Å². The number of nitrogens with zero attached hydrogens (tertiary/aromatic N) is 1. The second-order valence-corrected chi connectivity index (χ2v) is 10.4. The van der Waals surface area contributed by atoms with Crippen molar-refractivity contribution in [2.24, 2.45) is 17.3 Å². The lowest BCUT2D eigenvalue weighted by Crippen LogP contribution is -2.13. The van der Waals surface area contributed by atoms with Crippen LogP contribution < -0.4 is 0 Å². The number of hydrogen-bond donors (Lipinski definition) is 0. The van der Waals surface area contributed by atoms with Gasteiger partial charge < -0.3 is 9.30 Å². The summed E-state index contributed by atoms with van der Waals surface area (Å²) in [6, 6.07) is 9.86. The first-order chi connectivity index (χ1) is 12.3. The quantitative estimate of drug-likeness (QED) is 0.446. The van der Waals surface area contributed by atoms with Crippen molar-refractivity contribution in [3.8, 4) is 0 Å². The van der Waals surface area contributed by atoms with Crippen molar-refractivity contribution < 1.29 is 9.53 Å². The van der Waals surface area contributed by atoms with Crippen LogP contribution in [0.1, 0.15) is 25.0 Å². The number of halogens is 3. The Morgan fingerprint density at radius 1 is 1.23 bits per heavy atom. The van der Waals surface area contributed by atoms with E-state index in [-0.39, 0.29) is 30.0 Å². The molecule has 1 aromatic heterocycles. The molecule has 0 N–H and O–H groups in total. The zero-order valence-electron chi connectivity index (χ0n) is 14.6. The number of benzene rings is 1. The first-order valence-corrected chi connectivity index (χ1v) is 10.3. The van der Waals surface area contributed by atoms with Crippen LogP contribution in [0.3, 0.4) is 0 Å². The lowest BCUT2D eigenvalue weighted by Gasteiger charge is -2.06. The van der Waals surface area contributed by atoms with Crippen molar-refractivity contribution in [3.05, 3.63) is 68.3 Å². The lowest BCUT2D eigenvalue weighted by molar-refractivity contribution is -0.150. The zero-order chi connectivity index (χ0) is 18.9. The van der Waals surface area contributed by atoms with Gasteiger partial charge in [-0.05, 0) is 78.9 Å². The molecule has 1 fully saturated rings. The molecular formula is C20H20Br2ClNO2. The summed E-state index contributed by atoms with van der Waals surface area (Å²) in [5.41, 5.74) is 2.29. The molecule has 1 heterocycles. The molecule has 2 unspecified atom stereocenters. The molecular weight excluding hydrogens is 481 g/mol. The summed E-state index contributed by atoms with van der Waals surface area (Å²) in [6.45, 7) is 4.41. The fourth-order valence-corrected chi connectivity index (χ4v) is 4.01. The van der Waals surface area contributed by atoms with Gasteiger partial charge in [-0.25, -0.2) is 0 Å². The topological polar surface area (TPSA) is 31.2 Å². The standard InChI is InChI=1S/C20H20Br2ClNO2/c1-20(2)16(10-17(21)22)18(20)19(25)26-12-24-8-7-14(11-24)9-13-3-5-15(23)6-4-13/h3-8,10-11,16,18H,9,12H2,1-2H3. The van der Waals surface area contributed by atoms with E-state index in [0.717, 1.165) is 14.8 Å². The summed E-state index contributed by atoms with van der Waals surface area (Å²) in [6.07, 6.45) is 6.78. The molecule has 1 aliphatic rings. The molecule has 0 bridgehead atoms. The molecule has 1 aromatic carbocycles. The van der Waals surface area contributed by atoms with Crippen molar-refractivity contribution in [1.29, 1.82) is 0 Å². The van der Waals surface area contributed by atoms with E-state index in [1.165, 1.54) is 11.1 Å². The summed E-state index contributed by atoms with van der Waals surface area (Å²) in [5, 5.41) is 0.737. The number of ether oxygens (including phenoxy) is 1. The number of hydrogen-bond acceptors (Lipinski definition) is 2. The number of allylic oxidation sites excluding steroid dienone is 1. The van der Waals surface area contributed by atoms with Crippen molar-refractivity contribution in [3.63, 3.8) is 0 Å². The monoisotopic (exact) mass is 499 g/mol. The zero-order valence-corrected chi connectivity index (χ0v) is 18.5. The minimum Gasteiger partial charge on any atom is -0.444 e. The molecule has 0 amide bonds. The van der Waals surface area contributed by atoms with Gasteiger partial charge >= 0.3 is 5.97 Å². The third-order valence-electron chi connectivity index (χ3n) is 4.96. The van der Waals surface area contributed by atoms with E-state index in [9.17, 15) is 4.79 Å². The van der Waals surface area contributed by atoms with E-state index in [1.54, 1.807) is 0 Å². The van der Waals surface area contributed by atoms with Gasteiger partial charge in [-0.3, -0.25) is 4.79 Å². The predicted molar refractivity (Wildman–Crippen MR) is 111 cm³/mol. The van der Waals surface area contributed by atoms with Gasteiger partial charge in [-0.1, -0.05) is 43.7 Å². The molecule has 2 atom stereocenters. The van der Waals surface area contributed by atoms with Gasteiger partial charge in [0.25, 0.3) is 0 Å². The predicted octanol–water partition coefficient (Wildman–Crippen LogP) is 6.14. The van der Waals surface area contributed by atoms with Crippen LogP contribution in [0.15, 0.2) is 52.2 Å². The van der Waals surface area contributed by atoms with Gasteiger partial charge in [0.1, 0.15) is 0 Å². The Kier molecular flexibility index (Phi) is 6.00. The number of aromatic nitrogens is 1. The first-order valence-electron chi connectivity index (χ1n) is 8.36. The Bertz CT molecular complexity index is 823. The van der Waals surface area contributed by atoms with Crippen LogP contribution in [0.4, 0.5) is 0 Å². The molecule has 1 saturated carbocycles. The maximum atomic E-state index is 12.4. The van der Waals surface area contributed by atoms with Crippen molar-refractivity contribution >= 4 is 49.4 Å². The SMILES string of the molecule is CC1(C)C(C=C(Br)Br)C1C(=O)OCn1ccc(Cc2ccc(Cl)cc2)c1. The Balaban J connectivity index is 1.54. The average Bonchev–Trinajstić information content (AvgIpc) is 2.92. The van der Waals surface area contributed by atoms with Crippen LogP contribution in [0.25, 0.3) is 0 Å². The third kappa shape index (κ3) is 4.62. The summed E-state index contributed by atoms with van der Waals surface area (Å²) < 4.78 is 8.29. The largest absolute Gasteiger partial charge is 0.444 e. The maximum Gasteiger partial charge on any atom is 0.311 e. The number of carbonyl (C=O) groups is 1. The fourth-order valence-electron chi connectivity index (χ4n) is 3.32. The first kappa shape index (κ1) is 19.7. The number of esters is 1. The fraction of sp³-hybridized carbons (Fsp3) is 0.350. The van der Waals surface area contributed by atoms with Gasteiger partial charge in [0.2, 0.25) is 0 Å². The highest BCUT2D eigenvalue weighted by Crippen LogP contribution is 2.60. The number of carbonyl (C=O) groups excluding carboxylic acids is 1. The van der Waals surface area contributed by atoms with Crippen LogP contribution in [-0.2, 0) is 22.7 Å². The molecule has 6 heteroatoms. The maximum absolute atomic E-state index is 12.4. The van der Waals surface area contributed by atoms with Crippen LogP contribution in [-0.4, -0.2) is 10.5 Å². The Labute approximate surface area is 175 Å². The van der Waals surface area contributed by atoms with E-state index in [2.05, 4.69) is 45.7 Å². The van der Waals surface area contributed by atoms with Gasteiger partial charge in [0, 0.05) is 17.4 Å². The van der Waals surface area contributed by atoms with Crippen molar-refractivity contribution in [1.82, 2.24) is 4.57 Å². The van der Waals surface area contributed by atoms with E-state index in [1.807, 2.05) is 53.4 Å². The minimum atomic E-state index is -0.148. The lowest BCUT2D eigenvalue weighted by atomic mass is 10.1. The second-order valence-electron chi connectivity index (χ2n) is 7.21. The summed E-state index contributed by atoms with van der Waals surface area (Å²) in [4.78, 5) is 12.4. The molecule has 0 spiro atoms. The number of rotatable bonds is 6. The Morgan fingerprint density at radius 2 is 1.92 bits per heavy atom. The highest BCUT2D eigenvalue weighted by molar-refractivity contribution is 9.28. The van der Waals surface area contributed by atoms with Crippen LogP contribution in [0, 0.1) is 17.3 Å². The third-order valence-corrected chi connectivity index (χ3v) is 5.74.